The molecule has 0 radical (unpaired) electrons. The summed E-state index contributed by atoms with van der Waals surface area (Å²) in [5.74, 6) is 0.532. The molecule has 1 rings (SSSR count). The van der Waals surface area contributed by atoms with Gasteiger partial charge in [0, 0.05) is 5.69 Å². The summed E-state index contributed by atoms with van der Waals surface area (Å²) in [6.45, 7) is 3.95. The summed E-state index contributed by atoms with van der Waals surface area (Å²) >= 11 is 0. The molecule has 102 valence electrons. The van der Waals surface area contributed by atoms with Crippen LogP contribution in [0.4, 0.5) is 5.69 Å². The number of ether oxygens (including phenoxy) is 1. The van der Waals surface area contributed by atoms with Crippen molar-refractivity contribution < 1.29 is 9.53 Å². The van der Waals surface area contributed by atoms with Crippen LogP contribution in [0, 0.1) is 17.2 Å². The Hall–Kier alpha value is -2.06. The van der Waals surface area contributed by atoms with Crippen LogP contribution in [0.3, 0.4) is 0 Å². The molecular formula is C14H19N3O2. The molecular weight excluding hydrogens is 242 g/mol. The van der Waals surface area contributed by atoms with E-state index >= 15 is 0 Å². The normalized spacial score (nSPS) is 13.2. The zero-order valence-corrected chi connectivity index (χ0v) is 11.2. The molecule has 0 saturated carbocycles. The number of amides is 1. The van der Waals surface area contributed by atoms with Crippen LogP contribution in [0.25, 0.3) is 0 Å². The maximum atomic E-state index is 11.9. The Balaban J connectivity index is 2.58. The third-order valence-corrected chi connectivity index (χ3v) is 2.98. The Labute approximate surface area is 113 Å². The standard InChI is InChI=1S/C14H19N3O2/c1-3-10(2)13(16)14(18)17-11-4-6-12(7-5-11)19-9-8-15/h4-7,10,13H,3,9,16H2,1-2H3,(H,17,18)/t10?,13-/m0/s1. The molecule has 0 bridgehead atoms. The van der Waals surface area contributed by atoms with Crippen LogP contribution >= 0.6 is 0 Å². The minimum Gasteiger partial charge on any atom is -0.479 e. The molecule has 0 aromatic heterocycles. The first-order valence-corrected chi connectivity index (χ1v) is 6.24. The number of nitrogens with two attached hydrogens (primary N) is 1. The SMILES string of the molecule is CCC(C)[C@H](N)C(=O)Nc1ccc(OCC#N)cc1. The van der Waals surface area contributed by atoms with Gasteiger partial charge < -0.3 is 15.8 Å². The number of nitrogens with one attached hydrogen (secondary N) is 1. The van der Waals surface area contributed by atoms with Gasteiger partial charge in [0.15, 0.2) is 6.61 Å². The maximum absolute atomic E-state index is 11.9. The first kappa shape index (κ1) is 15.0. The highest BCUT2D eigenvalue weighted by Crippen LogP contribution is 2.16. The molecule has 1 aromatic rings. The number of hydrogen-bond donors (Lipinski definition) is 2. The summed E-state index contributed by atoms with van der Waals surface area (Å²) < 4.78 is 5.12. The van der Waals surface area contributed by atoms with Crippen molar-refractivity contribution in [2.75, 3.05) is 11.9 Å². The summed E-state index contributed by atoms with van der Waals surface area (Å²) in [4.78, 5) is 11.9. The monoisotopic (exact) mass is 261 g/mol. The molecule has 0 aliphatic carbocycles. The molecule has 0 aliphatic heterocycles. The molecule has 0 saturated heterocycles. The number of nitriles is 1. The van der Waals surface area contributed by atoms with E-state index in [1.165, 1.54) is 0 Å². The van der Waals surface area contributed by atoms with E-state index in [1.807, 2.05) is 19.9 Å². The van der Waals surface area contributed by atoms with Gasteiger partial charge in [-0.15, -0.1) is 0 Å². The van der Waals surface area contributed by atoms with Crippen molar-refractivity contribution in [3.05, 3.63) is 24.3 Å². The average Bonchev–Trinajstić information content (AvgIpc) is 2.44. The second-order valence-corrected chi connectivity index (χ2v) is 4.37. The Kier molecular flexibility index (Phi) is 5.83. The van der Waals surface area contributed by atoms with Gasteiger partial charge >= 0.3 is 0 Å². The highest BCUT2D eigenvalue weighted by molar-refractivity contribution is 5.94. The molecule has 0 aliphatic rings. The van der Waals surface area contributed by atoms with Gasteiger partial charge in [0.1, 0.15) is 11.8 Å². The lowest BCUT2D eigenvalue weighted by Crippen LogP contribution is -2.40. The van der Waals surface area contributed by atoms with Crippen molar-refractivity contribution in [3.8, 4) is 11.8 Å². The highest BCUT2D eigenvalue weighted by Gasteiger charge is 2.19. The zero-order chi connectivity index (χ0) is 14.3. The third kappa shape index (κ3) is 4.60. The topological polar surface area (TPSA) is 88.1 Å². The lowest BCUT2D eigenvalue weighted by molar-refractivity contribution is -0.118. The average molecular weight is 261 g/mol. The highest BCUT2D eigenvalue weighted by atomic mass is 16.5. The first-order chi connectivity index (χ1) is 9.08. The minimum atomic E-state index is -0.514. The van der Waals surface area contributed by atoms with Gasteiger partial charge in [-0.3, -0.25) is 4.79 Å². The fourth-order valence-corrected chi connectivity index (χ4v) is 1.49. The number of carbonyl (C=O) groups is 1. The molecule has 0 heterocycles. The van der Waals surface area contributed by atoms with Crippen LogP contribution in [-0.2, 0) is 4.79 Å². The Morgan fingerprint density at radius 1 is 1.47 bits per heavy atom. The van der Waals surface area contributed by atoms with E-state index in [9.17, 15) is 4.79 Å². The first-order valence-electron chi connectivity index (χ1n) is 6.24. The van der Waals surface area contributed by atoms with Gasteiger partial charge in [0.25, 0.3) is 0 Å². The number of hydrogen-bond acceptors (Lipinski definition) is 4. The van der Waals surface area contributed by atoms with Crippen molar-refractivity contribution in [2.45, 2.75) is 26.3 Å². The van der Waals surface area contributed by atoms with Gasteiger partial charge in [-0.05, 0) is 30.2 Å². The molecule has 3 N–H and O–H groups in total. The van der Waals surface area contributed by atoms with Crippen LogP contribution in [0.5, 0.6) is 5.75 Å². The molecule has 1 aromatic carbocycles. The number of rotatable bonds is 6. The lowest BCUT2D eigenvalue weighted by Gasteiger charge is -2.17. The predicted octanol–water partition coefficient (Wildman–Crippen LogP) is 1.90. The molecule has 1 amide bonds. The molecule has 1 unspecified atom stereocenters. The van der Waals surface area contributed by atoms with Crippen LogP contribution in [0.2, 0.25) is 0 Å². The van der Waals surface area contributed by atoms with Crippen molar-refractivity contribution in [1.29, 1.82) is 5.26 Å². The minimum absolute atomic E-state index is 0.00456. The fraction of sp³-hybridized carbons (Fsp3) is 0.429. The van der Waals surface area contributed by atoms with E-state index in [4.69, 9.17) is 15.7 Å². The van der Waals surface area contributed by atoms with E-state index < -0.39 is 6.04 Å². The fourth-order valence-electron chi connectivity index (χ4n) is 1.49. The molecule has 5 nitrogen and oxygen atoms in total. The summed E-state index contributed by atoms with van der Waals surface area (Å²) in [7, 11) is 0. The number of carbonyl (C=O) groups excluding carboxylic acids is 1. The van der Waals surface area contributed by atoms with Gasteiger partial charge in [-0.2, -0.15) is 5.26 Å². The molecule has 19 heavy (non-hydrogen) atoms. The van der Waals surface area contributed by atoms with Crippen LogP contribution in [0.1, 0.15) is 20.3 Å². The second-order valence-electron chi connectivity index (χ2n) is 4.37. The van der Waals surface area contributed by atoms with Crippen molar-refractivity contribution in [2.24, 2.45) is 11.7 Å². The van der Waals surface area contributed by atoms with E-state index in [2.05, 4.69) is 5.32 Å². The van der Waals surface area contributed by atoms with Gasteiger partial charge in [-0.25, -0.2) is 0 Å². The van der Waals surface area contributed by atoms with E-state index in [0.717, 1.165) is 6.42 Å². The van der Waals surface area contributed by atoms with Crippen LogP contribution in [0.15, 0.2) is 24.3 Å². The Morgan fingerprint density at radius 2 is 2.11 bits per heavy atom. The van der Waals surface area contributed by atoms with Crippen molar-refractivity contribution in [3.63, 3.8) is 0 Å². The van der Waals surface area contributed by atoms with E-state index in [-0.39, 0.29) is 18.4 Å². The number of nitrogens with zero attached hydrogens (tertiary/aromatic N) is 1. The largest absolute Gasteiger partial charge is 0.479 e. The summed E-state index contributed by atoms with van der Waals surface area (Å²) in [5.41, 5.74) is 6.50. The second kappa shape index (κ2) is 7.39. The smallest absolute Gasteiger partial charge is 0.241 e. The van der Waals surface area contributed by atoms with Crippen LogP contribution in [-0.4, -0.2) is 18.6 Å². The Bertz CT molecular complexity index is 451. The van der Waals surface area contributed by atoms with Crippen molar-refractivity contribution >= 4 is 11.6 Å². The zero-order valence-electron chi connectivity index (χ0n) is 11.2. The summed E-state index contributed by atoms with van der Waals surface area (Å²) in [5, 5.41) is 11.1. The predicted molar refractivity (Wildman–Crippen MR) is 73.6 cm³/mol. The van der Waals surface area contributed by atoms with Gasteiger partial charge in [-0.1, -0.05) is 20.3 Å². The summed E-state index contributed by atoms with van der Waals surface area (Å²) in [6, 6.07) is 8.20. The maximum Gasteiger partial charge on any atom is 0.241 e. The van der Waals surface area contributed by atoms with E-state index in [1.54, 1.807) is 24.3 Å². The quantitative estimate of drug-likeness (QED) is 0.818. The lowest BCUT2D eigenvalue weighted by atomic mass is 9.99. The number of benzene rings is 1. The number of anilines is 1. The van der Waals surface area contributed by atoms with Crippen molar-refractivity contribution in [1.82, 2.24) is 0 Å². The third-order valence-electron chi connectivity index (χ3n) is 2.98. The van der Waals surface area contributed by atoms with E-state index in [0.29, 0.717) is 11.4 Å². The Morgan fingerprint density at radius 3 is 2.63 bits per heavy atom. The molecule has 2 atom stereocenters. The van der Waals surface area contributed by atoms with Crippen LogP contribution < -0.4 is 15.8 Å². The molecule has 5 heteroatoms. The van der Waals surface area contributed by atoms with Gasteiger partial charge in [0.05, 0.1) is 6.04 Å². The molecule has 0 fully saturated rings. The molecule has 0 spiro atoms. The van der Waals surface area contributed by atoms with Gasteiger partial charge in [0.2, 0.25) is 5.91 Å². The summed E-state index contributed by atoms with van der Waals surface area (Å²) in [6.07, 6.45) is 0.857.